The van der Waals surface area contributed by atoms with E-state index in [1.807, 2.05) is 0 Å². The molecule has 8 nitrogen and oxygen atoms in total. The van der Waals surface area contributed by atoms with Crippen molar-refractivity contribution in [3.05, 3.63) is 87.8 Å². The van der Waals surface area contributed by atoms with Crippen LogP contribution in [0.1, 0.15) is 36.3 Å². The predicted molar refractivity (Wildman–Crippen MR) is 145 cm³/mol. The fraction of sp³-hybridized carbons (Fsp3) is 0.379. The summed E-state index contributed by atoms with van der Waals surface area (Å²) in [5.74, 6) is 0.205. The lowest BCUT2D eigenvalue weighted by Gasteiger charge is -2.32. The maximum atomic E-state index is 14.6. The van der Waals surface area contributed by atoms with Gasteiger partial charge >= 0.3 is 0 Å². The number of halogens is 3. The molecule has 6 rings (SSSR count). The van der Waals surface area contributed by atoms with Crippen LogP contribution >= 0.6 is 11.6 Å². The average Bonchev–Trinajstić information content (AvgIpc) is 3.26. The van der Waals surface area contributed by atoms with Gasteiger partial charge in [-0.05, 0) is 55.2 Å². The summed E-state index contributed by atoms with van der Waals surface area (Å²) in [6, 6.07) is 9.05. The van der Waals surface area contributed by atoms with E-state index in [-0.39, 0.29) is 24.5 Å². The van der Waals surface area contributed by atoms with E-state index in [4.69, 9.17) is 32.6 Å². The number of aromatic nitrogens is 4. The van der Waals surface area contributed by atoms with Crippen LogP contribution < -0.4 is 4.74 Å². The first-order valence-corrected chi connectivity index (χ1v) is 13.7. The average molecular weight is 565 g/mol. The Bertz CT molecular complexity index is 1580. The van der Waals surface area contributed by atoms with Crippen molar-refractivity contribution in [2.75, 3.05) is 19.7 Å². The second-order valence-corrected chi connectivity index (χ2v) is 10.6. The van der Waals surface area contributed by atoms with Crippen LogP contribution in [0.2, 0.25) is 5.02 Å². The molecule has 2 saturated heterocycles. The molecule has 2 aliphatic heterocycles. The number of pyridine rings is 2. The van der Waals surface area contributed by atoms with Crippen LogP contribution in [0.5, 0.6) is 5.88 Å². The fourth-order valence-corrected chi connectivity index (χ4v) is 5.29. The molecule has 1 aromatic carbocycles. The number of ether oxygens (including phenoxy) is 2. The van der Waals surface area contributed by atoms with Crippen molar-refractivity contribution in [3.8, 4) is 5.88 Å². The predicted octanol–water partition coefficient (Wildman–Crippen LogP) is 5.73. The minimum Gasteiger partial charge on any atom is -0.472 e. The summed E-state index contributed by atoms with van der Waals surface area (Å²) in [6.45, 7) is 10.9. The Hall–Kier alpha value is -3.65. The Morgan fingerprint density at radius 1 is 1.07 bits per heavy atom. The van der Waals surface area contributed by atoms with Crippen molar-refractivity contribution in [1.29, 1.82) is 0 Å². The topological polar surface area (TPSA) is 69.7 Å². The zero-order valence-electron chi connectivity index (χ0n) is 21.7. The van der Waals surface area contributed by atoms with Crippen LogP contribution in [-0.4, -0.2) is 56.3 Å². The van der Waals surface area contributed by atoms with Gasteiger partial charge in [0.2, 0.25) is 0 Å². The third-order valence-electron chi connectivity index (χ3n) is 7.43. The largest absolute Gasteiger partial charge is 0.472 e. The second-order valence-electron chi connectivity index (χ2n) is 10.2. The Kier molecular flexibility index (Phi) is 7.61. The molecule has 2 aliphatic rings. The lowest BCUT2D eigenvalue weighted by atomic mass is 10.1. The SMILES string of the molecule is [C-]#[N+]c1cc2nc(CN3CCC(Oc4nc(Cc5ccc(Cl)cc5F)ccc4F)CC3)n(C[C@@H]3CCO3)c2cn1. The molecule has 0 saturated carbocycles. The van der Waals surface area contributed by atoms with Gasteiger partial charge in [-0.15, -0.1) is 4.98 Å². The molecule has 0 amide bonds. The van der Waals surface area contributed by atoms with Crippen LogP contribution in [0.3, 0.4) is 0 Å². The van der Waals surface area contributed by atoms with Gasteiger partial charge in [0.05, 0.1) is 24.7 Å². The number of hydrogen-bond donors (Lipinski definition) is 0. The maximum Gasteiger partial charge on any atom is 0.271 e. The minimum absolute atomic E-state index is 0.0595. The summed E-state index contributed by atoms with van der Waals surface area (Å²) >= 11 is 5.85. The molecule has 4 aromatic rings. The third kappa shape index (κ3) is 5.77. The van der Waals surface area contributed by atoms with E-state index in [1.165, 1.54) is 18.2 Å². The maximum absolute atomic E-state index is 14.6. The van der Waals surface area contributed by atoms with Gasteiger partial charge in [-0.3, -0.25) is 4.90 Å². The summed E-state index contributed by atoms with van der Waals surface area (Å²) in [5.41, 5.74) is 2.60. The Morgan fingerprint density at radius 2 is 1.90 bits per heavy atom. The normalized spacial score (nSPS) is 18.0. The van der Waals surface area contributed by atoms with E-state index in [0.29, 0.717) is 48.0 Å². The molecule has 206 valence electrons. The van der Waals surface area contributed by atoms with Crippen molar-refractivity contribution in [3.63, 3.8) is 0 Å². The van der Waals surface area contributed by atoms with Crippen molar-refractivity contribution in [2.24, 2.45) is 0 Å². The highest BCUT2D eigenvalue weighted by Gasteiger charge is 2.26. The first kappa shape index (κ1) is 26.6. The Labute approximate surface area is 235 Å². The number of likely N-dealkylation sites (tertiary alicyclic amines) is 1. The number of rotatable bonds is 8. The molecule has 0 bridgehead atoms. The monoisotopic (exact) mass is 564 g/mol. The molecule has 2 fully saturated rings. The number of benzene rings is 1. The van der Waals surface area contributed by atoms with Gasteiger partial charge in [0.15, 0.2) is 5.82 Å². The van der Waals surface area contributed by atoms with Gasteiger partial charge in [0.1, 0.15) is 29.5 Å². The first-order chi connectivity index (χ1) is 19.4. The minimum atomic E-state index is -0.540. The van der Waals surface area contributed by atoms with E-state index in [1.54, 1.807) is 24.4 Å². The molecule has 3 aromatic heterocycles. The summed E-state index contributed by atoms with van der Waals surface area (Å²) in [4.78, 5) is 19.2. The van der Waals surface area contributed by atoms with Gasteiger partial charge in [0, 0.05) is 36.8 Å². The lowest BCUT2D eigenvalue weighted by molar-refractivity contribution is -0.0592. The lowest BCUT2D eigenvalue weighted by Crippen LogP contribution is -2.39. The molecule has 0 aliphatic carbocycles. The highest BCUT2D eigenvalue weighted by molar-refractivity contribution is 6.30. The summed E-state index contributed by atoms with van der Waals surface area (Å²) < 4.78 is 42.6. The zero-order chi connectivity index (χ0) is 27.6. The summed E-state index contributed by atoms with van der Waals surface area (Å²) in [7, 11) is 0. The second kappa shape index (κ2) is 11.5. The molecule has 0 radical (unpaired) electrons. The molecule has 11 heteroatoms. The molecule has 0 spiro atoms. The Morgan fingerprint density at radius 3 is 2.62 bits per heavy atom. The van der Waals surface area contributed by atoms with Crippen molar-refractivity contribution >= 4 is 28.5 Å². The van der Waals surface area contributed by atoms with Crippen LogP contribution in [-0.2, 0) is 24.2 Å². The zero-order valence-corrected chi connectivity index (χ0v) is 22.4. The van der Waals surface area contributed by atoms with E-state index in [2.05, 4.69) is 24.3 Å². The molecule has 0 N–H and O–H groups in total. The molecule has 40 heavy (non-hydrogen) atoms. The fourth-order valence-electron chi connectivity index (χ4n) is 5.13. The van der Waals surface area contributed by atoms with Crippen LogP contribution in [0.4, 0.5) is 14.6 Å². The molecule has 0 unspecified atom stereocenters. The number of nitrogens with zero attached hydrogens (tertiary/aromatic N) is 6. The molecular formula is C29H27ClF2N6O2. The van der Waals surface area contributed by atoms with Crippen molar-refractivity contribution in [1.82, 2.24) is 24.4 Å². The van der Waals surface area contributed by atoms with Crippen LogP contribution in [0.15, 0.2) is 42.6 Å². The van der Waals surface area contributed by atoms with Gasteiger partial charge in [-0.1, -0.05) is 24.2 Å². The van der Waals surface area contributed by atoms with Crippen molar-refractivity contribution in [2.45, 2.75) is 51.0 Å². The smallest absolute Gasteiger partial charge is 0.271 e. The van der Waals surface area contributed by atoms with E-state index in [9.17, 15) is 8.78 Å². The molecule has 5 heterocycles. The third-order valence-corrected chi connectivity index (χ3v) is 7.66. The Balaban J connectivity index is 1.10. The highest BCUT2D eigenvalue weighted by Crippen LogP contribution is 2.26. The van der Waals surface area contributed by atoms with Crippen LogP contribution in [0.25, 0.3) is 15.9 Å². The number of hydrogen-bond acceptors (Lipinski definition) is 6. The van der Waals surface area contributed by atoms with E-state index >= 15 is 0 Å². The van der Waals surface area contributed by atoms with Gasteiger partial charge in [0.25, 0.3) is 11.7 Å². The summed E-state index contributed by atoms with van der Waals surface area (Å²) in [6.07, 6.45) is 4.31. The quantitative estimate of drug-likeness (QED) is 0.255. The van der Waals surface area contributed by atoms with E-state index in [0.717, 1.165) is 43.0 Å². The molecular weight excluding hydrogens is 538 g/mol. The first-order valence-electron chi connectivity index (χ1n) is 13.3. The van der Waals surface area contributed by atoms with Crippen molar-refractivity contribution < 1.29 is 18.3 Å². The van der Waals surface area contributed by atoms with Gasteiger partial charge in [-0.2, -0.15) is 0 Å². The number of piperidine rings is 1. The van der Waals surface area contributed by atoms with Gasteiger partial charge in [-0.25, -0.2) is 18.7 Å². The summed E-state index contributed by atoms with van der Waals surface area (Å²) in [5, 5.41) is 0.319. The molecule has 1 atom stereocenters. The standard InChI is InChI=1S/C29H27ClF2N6O2/c1-33-27-14-25-26(15-34-27)38(16-22-8-11-39-22)28(36-25)17-37-9-6-21(7-10-37)40-29-23(31)5-4-20(35-29)12-18-2-3-19(30)13-24(18)32/h2-5,13-15,21-22H,6-12,16-17H2/t22-/m0/s1. The van der Waals surface area contributed by atoms with E-state index < -0.39 is 11.6 Å². The number of imidazole rings is 1. The number of fused-ring (bicyclic) bond motifs is 1. The highest BCUT2D eigenvalue weighted by atomic mass is 35.5. The van der Waals surface area contributed by atoms with Crippen LogP contribution in [0, 0.1) is 18.2 Å². The van der Waals surface area contributed by atoms with Gasteiger partial charge < -0.3 is 18.9 Å².